The lowest BCUT2D eigenvalue weighted by Gasteiger charge is -2.14. The number of hydrogen-bond acceptors (Lipinski definition) is 4. The Kier molecular flexibility index (Phi) is 3.10. The summed E-state index contributed by atoms with van der Waals surface area (Å²) in [6.07, 6.45) is 3.64. The number of nitrogens with one attached hydrogen (secondary N) is 1. The van der Waals surface area contributed by atoms with Crippen molar-refractivity contribution >= 4 is 16.7 Å². The van der Waals surface area contributed by atoms with Gasteiger partial charge >= 0.3 is 0 Å². The number of aromatic nitrogens is 4. The van der Waals surface area contributed by atoms with E-state index in [1.165, 1.54) is 0 Å². The first-order chi connectivity index (χ1) is 9.65. The van der Waals surface area contributed by atoms with E-state index in [1.54, 1.807) is 10.9 Å². The van der Waals surface area contributed by atoms with E-state index >= 15 is 0 Å². The average molecular weight is 267 g/mol. The van der Waals surface area contributed by atoms with Gasteiger partial charge in [0, 0.05) is 18.6 Å². The Morgan fingerprint density at radius 3 is 2.85 bits per heavy atom. The summed E-state index contributed by atoms with van der Waals surface area (Å²) in [6, 6.07) is 8.14. The number of fused-ring (bicyclic) bond motifs is 1. The van der Waals surface area contributed by atoms with E-state index in [0.29, 0.717) is 0 Å². The molecule has 1 N–H and O–H groups in total. The fourth-order valence-electron chi connectivity index (χ4n) is 2.34. The summed E-state index contributed by atoms with van der Waals surface area (Å²) in [5.41, 5.74) is 3.88. The van der Waals surface area contributed by atoms with Crippen molar-refractivity contribution in [3.05, 3.63) is 48.0 Å². The highest BCUT2D eigenvalue weighted by Crippen LogP contribution is 2.22. The highest BCUT2D eigenvalue weighted by molar-refractivity contribution is 5.81. The van der Waals surface area contributed by atoms with Gasteiger partial charge in [-0.1, -0.05) is 6.07 Å². The van der Waals surface area contributed by atoms with Gasteiger partial charge in [0.2, 0.25) is 0 Å². The highest BCUT2D eigenvalue weighted by Gasteiger charge is 2.10. The summed E-state index contributed by atoms with van der Waals surface area (Å²) in [7, 11) is 1.91. The lowest BCUT2D eigenvalue weighted by Crippen LogP contribution is -2.08. The van der Waals surface area contributed by atoms with E-state index in [4.69, 9.17) is 0 Å². The quantitative estimate of drug-likeness (QED) is 0.792. The number of nitrogens with zero attached hydrogens (tertiary/aromatic N) is 4. The Morgan fingerprint density at radius 2 is 2.10 bits per heavy atom. The maximum atomic E-state index is 4.47. The monoisotopic (exact) mass is 267 g/mol. The van der Waals surface area contributed by atoms with E-state index in [0.717, 1.165) is 28.1 Å². The highest BCUT2D eigenvalue weighted by atomic mass is 15.3. The minimum Gasteiger partial charge on any atom is -0.376 e. The molecule has 5 heteroatoms. The molecule has 0 amide bonds. The Morgan fingerprint density at radius 1 is 1.25 bits per heavy atom. The first-order valence-corrected chi connectivity index (χ1v) is 6.62. The summed E-state index contributed by atoms with van der Waals surface area (Å²) < 4.78 is 1.80. The van der Waals surface area contributed by atoms with Crippen molar-refractivity contribution in [2.45, 2.75) is 19.9 Å². The molecule has 3 rings (SSSR count). The van der Waals surface area contributed by atoms with Gasteiger partial charge in [0.15, 0.2) is 5.65 Å². The number of hydrogen-bond donors (Lipinski definition) is 1. The molecule has 0 aliphatic carbocycles. The topological polar surface area (TPSA) is 55.6 Å². The van der Waals surface area contributed by atoms with Gasteiger partial charge in [0.05, 0.1) is 29.3 Å². The van der Waals surface area contributed by atoms with E-state index in [1.807, 2.05) is 38.4 Å². The smallest absolute Gasteiger partial charge is 0.157 e. The molecule has 3 aromatic rings. The largest absolute Gasteiger partial charge is 0.376 e. The van der Waals surface area contributed by atoms with Gasteiger partial charge in [-0.2, -0.15) is 5.10 Å². The lowest BCUT2D eigenvalue weighted by atomic mass is 10.2. The lowest BCUT2D eigenvalue weighted by molar-refractivity contribution is 0.773. The standard InChI is InChI=1S/C15H17N5/c1-10-13-8-12(9-17-15(13)20(3)19-10)18-11(2)14-6-4-5-7-16-14/h4-9,11,18H,1-3H3. The molecule has 0 aliphatic rings. The van der Waals surface area contributed by atoms with Crippen LogP contribution in [-0.4, -0.2) is 19.7 Å². The summed E-state index contributed by atoms with van der Waals surface area (Å²) in [6.45, 7) is 4.08. The Bertz CT molecular complexity index is 733. The van der Waals surface area contributed by atoms with Crippen LogP contribution >= 0.6 is 0 Å². The molecule has 3 heterocycles. The van der Waals surface area contributed by atoms with Crippen molar-refractivity contribution in [2.24, 2.45) is 7.05 Å². The van der Waals surface area contributed by atoms with Crippen LogP contribution < -0.4 is 5.32 Å². The summed E-state index contributed by atoms with van der Waals surface area (Å²) in [5.74, 6) is 0. The molecule has 0 saturated carbocycles. The molecule has 1 atom stereocenters. The zero-order valence-corrected chi connectivity index (χ0v) is 11.8. The van der Waals surface area contributed by atoms with Crippen molar-refractivity contribution in [3.8, 4) is 0 Å². The van der Waals surface area contributed by atoms with Crippen LogP contribution in [0.3, 0.4) is 0 Å². The van der Waals surface area contributed by atoms with Crippen molar-refractivity contribution in [1.82, 2.24) is 19.7 Å². The molecular weight excluding hydrogens is 250 g/mol. The van der Waals surface area contributed by atoms with Crippen molar-refractivity contribution < 1.29 is 0 Å². The van der Waals surface area contributed by atoms with Crippen molar-refractivity contribution in [3.63, 3.8) is 0 Å². The molecule has 0 spiro atoms. The van der Waals surface area contributed by atoms with Crippen LogP contribution in [0.15, 0.2) is 36.7 Å². The molecule has 0 aromatic carbocycles. The third-order valence-electron chi connectivity index (χ3n) is 3.38. The molecular formula is C15H17N5. The van der Waals surface area contributed by atoms with E-state index in [9.17, 15) is 0 Å². The Hall–Kier alpha value is -2.43. The molecule has 20 heavy (non-hydrogen) atoms. The molecule has 3 aromatic heterocycles. The van der Waals surface area contributed by atoms with Crippen LogP contribution in [0, 0.1) is 6.92 Å². The van der Waals surface area contributed by atoms with E-state index < -0.39 is 0 Å². The maximum Gasteiger partial charge on any atom is 0.157 e. The van der Waals surface area contributed by atoms with Gasteiger partial charge < -0.3 is 5.32 Å². The zero-order valence-electron chi connectivity index (χ0n) is 11.8. The predicted molar refractivity (Wildman–Crippen MR) is 79.5 cm³/mol. The molecule has 0 aliphatic heterocycles. The van der Waals surface area contributed by atoms with E-state index in [2.05, 4.69) is 33.4 Å². The number of rotatable bonds is 3. The van der Waals surface area contributed by atoms with Crippen LogP contribution in [0.25, 0.3) is 11.0 Å². The first-order valence-electron chi connectivity index (χ1n) is 6.62. The molecule has 1 unspecified atom stereocenters. The third kappa shape index (κ3) is 2.22. The normalized spacial score (nSPS) is 12.6. The second-order valence-corrected chi connectivity index (χ2v) is 4.92. The van der Waals surface area contributed by atoms with E-state index in [-0.39, 0.29) is 6.04 Å². The second-order valence-electron chi connectivity index (χ2n) is 4.92. The number of pyridine rings is 2. The van der Waals surface area contributed by atoms with Gasteiger partial charge in [-0.25, -0.2) is 4.98 Å². The number of anilines is 1. The van der Waals surface area contributed by atoms with Gasteiger partial charge in [0.25, 0.3) is 0 Å². The van der Waals surface area contributed by atoms with Crippen LogP contribution in [0.1, 0.15) is 24.4 Å². The first kappa shape index (κ1) is 12.6. The molecule has 102 valence electrons. The van der Waals surface area contributed by atoms with Crippen LogP contribution in [-0.2, 0) is 7.05 Å². The summed E-state index contributed by atoms with van der Waals surface area (Å²) in [4.78, 5) is 8.83. The second kappa shape index (κ2) is 4.92. The van der Waals surface area contributed by atoms with Crippen LogP contribution in [0.2, 0.25) is 0 Å². The minimum atomic E-state index is 0.132. The Labute approximate surface area is 117 Å². The van der Waals surface area contributed by atoms with Gasteiger partial charge in [-0.05, 0) is 32.0 Å². The Balaban J connectivity index is 1.90. The number of aryl methyl sites for hydroxylation is 2. The fourth-order valence-corrected chi connectivity index (χ4v) is 2.34. The molecule has 5 nitrogen and oxygen atoms in total. The zero-order chi connectivity index (χ0) is 14.1. The summed E-state index contributed by atoms with van der Waals surface area (Å²) in [5, 5.41) is 8.88. The van der Waals surface area contributed by atoms with Gasteiger partial charge in [-0.15, -0.1) is 0 Å². The van der Waals surface area contributed by atoms with Crippen molar-refractivity contribution in [1.29, 1.82) is 0 Å². The third-order valence-corrected chi connectivity index (χ3v) is 3.38. The van der Waals surface area contributed by atoms with Crippen LogP contribution in [0.4, 0.5) is 5.69 Å². The molecule has 0 radical (unpaired) electrons. The van der Waals surface area contributed by atoms with Gasteiger partial charge in [0.1, 0.15) is 0 Å². The van der Waals surface area contributed by atoms with Crippen molar-refractivity contribution in [2.75, 3.05) is 5.32 Å². The maximum absolute atomic E-state index is 4.47. The molecule has 0 bridgehead atoms. The molecule has 0 fully saturated rings. The molecule has 0 saturated heterocycles. The predicted octanol–water partition coefficient (Wildman–Crippen LogP) is 2.84. The summed E-state index contributed by atoms with van der Waals surface area (Å²) >= 11 is 0. The SMILES string of the molecule is Cc1nn(C)c2ncc(NC(C)c3ccccn3)cc12. The minimum absolute atomic E-state index is 0.132. The van der Waals surface area contributed by atoms with Crippen LogP contribution in [0.5, 0.6) is 0 Å². The average Bonchev–Trinajstić information content (AvgIpc) is 2.75. The van der Waals surface area contributed by atoms with Gasteiger partial charge in [-0.3, -0.25) is 9.67 Å². The fraction of sp³-hybridized carbons (Fsp3) is 0.267.